The topological polar surface area (TPSA) is 93.8 Å². The predicted molar refractivity (Wildman–Crippen MR) is 68.2 cm³/mol. The molecule has 0 aliphatic carbocycles. The van der Waals surface area contributed by atoms with E-state index >= 15 is 0 Å². The molecular weight excluding hydrogens is 307 g/mol. The Kier molecular flexibility index (Phi) is 4.29. The molecule has 1 heterocycles. The van der Waals surface area contributed by atoms with E-state index in [1.54, 1.807) is 11.4 Å². The van der Waals surface area contributed by atoms with Crippen molar-refractivity contribution >= 4 is 17.3 Å². The number of oxime groups is 1. The van der Waals surface area contributed by atoms with Crippen molar-refractivity contribution in [1.82, 2.24) is 5.32 Å². The lowest BCUT2D eigenvalue weighted by Crippen LogP contribution is -2.40. The Balaban J connectivity index is 2.04. The van der Waals surface area contributed by atoms with Crippen molar-refractivity contribution in [2.24, 2.45) is 5.16 Å². The Morgan fingerprint density at radius 2 is 2.14 bits per heavy atom. The first-order valence-electron chi connectivity index (χ1n) is 6.09. The largest absolute Gasteiger partial charge is 0.405 e. The van der Waals surface area contributed by atoms with Gasteiger partial charge in [0.05, 0.1) is 16.2 Å². The average Bonchev–Trinajstić information content (AvgIpc) is 2.93. The Bertz CT molecular complexity index is 630. The summed E-state index contributed by atoms with van der Waals surface area (Å²) >= 11 is 0. The van der Waals surface area contributed by atoms with E-state index < -0.39 is 29.7 Å². The van der Waals surface area contributed by atoms with Gasteiger partial charge in [-0.3, -0.25) is 14.9 Å². The van der Waals surface area contributed by atoms with Gasteiger partial charge >= 0.3 is 6.18 Å². The number of carbonyl (C=O) groups is 1. The number of nitro benzene ring substituents is 1. The number of rotatable bonds is 4. The zero-order valence-electron chi connectivity index (χ0n) is 11.0. The molecular formula is C12H10F3N3O4. The minimum absolute atomic E-state index is 0.138. The highest BCUT2D eigenvalue weighted by Gasteiger charge is 2.34. The molecule has 1 N–H and O–H groups in total. The van der Waals surface area contributed by atoms with Crippen LogP contribution in [0, 0.1) is 10.1 Å². The summed E-state index contributed by atoms with van der Waals surface area (Å²) in [6, 6.07) is 5.69. The van der Waals surface area contributed by atoms with Crippen molar-refractivity contribution < 1.29 is 27.7 Å². The number of benzene rings is 1. The first-order valence-corrected chi connectivity index (χ1v) is 6.09. The molecule has 0 saturated carbocycles. The third-order valence-corrected chi connectivity index (χ3v) is 2.84. The summed E-state index contributed by atoms with van der Waals surface area (Å²) in [5.74, 6) is -0.977. The fourth-order valence-corrected chi connectivity index (χ4v) is 1.86. The van der Waals surface area contributed by atoms with Crippen LogP contribution >= 0.6 is 0 Å². The van der Waals surface area contributed by atoms with Gasteiger partial charge in [-0.2, -0.15) is 13.2 Å². The van der Waals surface area contributed by atoms with Gasteiger partial charge in [0.1, 0.15) is 6.54 Å². The molecule has 1 amide bonds. The fourth-order valence-electron chi connectivity index (χ4n) is 1.86. The molecule has 0 saturated heterocycles. The van der Waals surface area contributed by atoms with Gasteiger partial charge in [-0.1, -0.05) is 17.3 Å². The van der Waals surface area contributed by atoms with Crippen LogP contribution in [0.25, 0.3) is 0 Å². The lowest BCUT2D eigenvalue weighted by atomic mass is 10.0. The second kappa shape index (κ2) is 6.00. The summed E-state index contributed by atoms with van der Waals surface area (Å²) in [5.41, 5.74) is 0.0827. The Labute approximate surface area is 121 Å². The fraction of sp³-hybridized carbons (Fsp3) is 0.333. The molecule has 1 unspecified atom stereocenters. The molecule has 0 bridgehead atoms. The molecule has 1 aromatic rings. The van der Waals surface area contributed by atoms with Crippen LogP contribution in [0.2, 0.25) is 0 Å². The van der Waals surface area contributed by atoms with E-state index in [-0.39, 0.29) is 23.4 Å². The van der Waals surface area contributed by atoms with Gasteiger partial charge in [-0.05, 0) is 6.07 Å². The first-order chi connectivity index (χ1) is 10.3. The predicted octanol–water partition coefficient (Wildman–Crippen LogP) is 1.77. The lowest BCUT2D eigenvalue weighted by Gasteiger charge is -2.11. The van der Waals surface area contributed by atoms with Crippen LogP contribution in [-0.2, 0) is 9.63 Å². The highest BCUT2D eigenvalue weighted by Crippen LogP contribution is 2.24. The van der Waals surface area contributed by atoms with Crippen LogP contribution in [0.4, 0.5) is 18.9 Å². The molecule has 1 atom stereocenters. The highest BCUT2D eigenvalue weighted by atomic mass is 19.4. The van der Waals surface area contributed by atoms with Crippen LogP contribution in [0.15, 0.2) is 29.4 Å². The van der Waals surface area contributed by atoms with Crippen LogP contribution in [0.5, 0.6) is 0 Å². The summed E-state index contributed by atoms with van der Waals surface area (Å²) in [4.78, 5) is 26.6. The smallest absolute Gasteiger partial charge is 0.382 e. The van der Waals surface area contributed by atoms with E-state index in [1.165, 1.54) is 18.2 Å². The maximum absolute atomic E-state index is 12.0. The molecule has 0 aromatic heterocycles. The number of nitrogens with one attached hydrogen (secondary N) is 1. The zero-order valence-corrected chi connectivity index (χ0v) is 11.0. The third-order valence-electron chi connectivity index (χ3n) is 2.84. The molecule has 1 aromatic carbocycles. The summed E-state index contributed by atoms with van der Waals surface area (Å²) in [6.45, 7) is -1.48. The summed E-state index contributed by atoms with van der Waals surface area (Å²) < 4.78 is 36.1. The van der Waals surface area contributed by atoms with Crippen molar-refractivity contribution in [2.75, 3.05) is 6.54 Å². The van der Waals surface area contributed by atoms with Crippen LogP contribution in [-0.4, -0.2) is 35.4 Å². The lowest BCUT2D eigenvalue weighted by molar-refractivity contribution is -0.385. The maximum atomic E-state index is 12.0. The van der Waals surface area contributed by atoms with Crippen LogP contribution in [0.3, 0.4) is 0 Å². The summed E-state index contributed by atoms with van der Waals surface area (Å²) in [7, 11) is 0. The van der Waals surface area contributed by atoms with E-state index in [4.69, 9.17) is 4.84 Å². The number of hydrogen-bond donors (Lipinski definition) is 1. The van der Waals surface area contributed by atoms with Crippen molar-refractivity contribution in [3.05, 3.63) is 39.9 Å². The molecule has 0 spiro atoms. The number of nitro groups is 1. The Morgan fingerprint density at radius 3 is 2.77 bits per heavy atom. The standard InChI is InChI=1S/C12H10F3N3O4/c13-12(14,15)6-16-11(19)10-5-8(17-22-10)7-3-1-2-4-9(7)18(20)21/h1-4,10H,5-6H2,(H,16,19). The molecule has 1 aliphatic heterocycles. The van der Waals surface area contributed by atoms with E-state index in [0.29, 0.717) is 0 Å². The first kappa shape index (κ1) is 15.7. The Morgan fingerprint density at radius 1 is 1.45 bits per heavy atom. The molecule has 0 fully saturated rings. The molecule has 1 aliphatic rings. The van der Waals surface area contributed by atoms with Gasteiger partial charge in [-0.25, -0.2) is 0 Å². The molecule has 2 rings (SSSR count). The quantitative estimate of drug-likeness (QED) is 0.676. The zero-order chi connectivity index (χ0) is 16.3. The molecule has 7 nitrogen and oxygen atoms in total. The van der Waals surface area contributed by atoms with Gasteiger partial charge in [0, 0.05) is 12.5 Å². The van der Waals surface area contributed by atoms with Crippen molar-refractivity contribution in [3.63, 3.8) is 0 Å². The second-order valence-electron chi connectivity index (χ2n) is 4.44. The van der Waals surface area contributed by atoms with E-state index in [0.717, 1.165) is 0 Å². The molecule has 22 heavy (non-hydrogen) atoms. The number of nitrogens with zero attached hydrogens (tertiary/aromatic N) is 2. The molecule has 10 heteroatoms. The average molecular weight is 317 g/mol. The van der Waals surface area contributed by atoms with E-state index in [1.807, 2.05) is 0 Å². The van der Waals surface area contributed by atoms with Gasteiger partial charge < -0.3 is 10.2 Å². The Hall–Kier alpha value is -2.65. The number of halogens is 3. The van der Waals surface area contributed by atoms with Crippen molar-refractivity contribution in [2.45, 2.75) is 18.7 Å². The van der Waals surface area contributed by atoms with Gasteiger partial charge in [-0.15, -0.1) is 0 Å². The van der Waals surface area contributed by atoms with E-state index in [9.17, 15) is 28.1 Å². The minimum Gasteiger partial charge on any atom is -0.382 e. The van der Waals surface area contributed by atoms with Gasteiger partial charge in [0.15, 0.2) is 0 Å². The second-order valence-corrected chi connectivity index (χ2v) is 4.44. The number of alkyl halides is 3. The highest BCUT2D eigenvalue weighted by molar-refractivity contribution is 6.06. The van der Waals surface area contributed by atoms with Crippen molar-refractivity contribution in [3.8, 4) is 0 Å². The SMILES string of the molecule is O=C(NCC(F)(F)F)C1CC(c2ccccc2[N+](=O)[O-])=NO1. The summed E-state index contributed by atoms with van der Waals surface area (Å²) in [5, 5.41) is 16.2. The monoisotopic (exact) mass is 317 g/mol. The number of para-hydroxylation sites is 1. The molecule has 0 radical (unpaired) electrons. The van der Waals surface area contributed by atoms with Gasteiger partial charge in [0.25, 0.3) is 11.6 Å². The number of carbonyl (C=O) groups excluding carboxylic acids is 1. The third kappa shape index (κ3) is 3.71. The van der Waals surface area contributed by atoms with E-state index in [2.05, 4.69) is 5.16 Å². The number of hydrogen-bond acceptors (Lipinski definition) is 5. The van der Waals surface area contributed by atoms with Crippen LogP contribution < -0.4 is 5.32 Å². The van der Waals surface area contributed by atoms with Gasteiger partial charge in [0.2, 0.25) is 6.10 Å². The summed E-state index contributed by atoms with van der Waals surface area (Å²) in [6.07, 6.45) is -5.91. The normalized spacial score (nSPS) is 17.6. The number of amides is 1. The molecule has 118 valence electrons. The minimum atomic E-state index is -4.53. The van der Waals surface area contributed by atoms with Crippen LogP contribution in [0.1, 0.15) is 12.0 Å². The maximum Gasteiger partial charge on any atom is 0.405 e. The van der Waals surface area contributed by atoms with Crippen molar-refractivity contribution in [1.29, 1.82) is 0 Å².